The van der Waals surface area contributed by atoms with Crippen LogP contribution < -0.4 is 0 Å². The summed E-state index contributed by atoms with van der Waals surface area (Å²) in [6, 6.07) is 9.96. The first-order chi connectivity index (χ1) is 8.15. The van der Waals surface area contributed by atoms with Crippen molar-refractivity contribution in [1.82, 2.24) is 4.90 Å². The number of nitrogens with zero attached hydrogens (tertiary/aromatic N) is 2. The molecule has 3 nitrogen and oxygen atoms in total. The molecule has 90 valence electrons. The highest BCUT2D eigenvalue weighted by molar-refractivity contribution is 9.10. The Morgan fingerprint density at radius 1 is 1.47 bits per heavy atom. The Kier molecular flexibility index (Phi) is 5.71. The van der Waals surface area contributed by atoms with Crippen LogP contribution in [0.2, 0.25) is 0 Å². The lowest BCUT2D eigenvalue weighted by molar-refractivity contribution is -0.129. The molecule has 4 heteroatoms. The molecule has 1 aromatic rings. The van der Waals surface area contributed by atoms with Crippen molar-refractivity contribution in [3.63, 3.8) is 0 Å². The number of hydrogen-bond acceptors (Lipinski definition) is 2. The van der Waals surface area contributed by atoms with E-state index in [4.69, 9.17) is 5.26 Å². The molecule has 0 unspecified atom stereocenters. The first-order valence-corrected chi connectivity index (χ1v) is 6.28. The van der Waals surface area contributed by atoms with Gasteiger partial charge in [0.15, 0.2) is 0 Å². The van der Waals surface area contributed by atoms with Crippen molar-refractivity contribution < 1.29 is 4.79 Å². The average Bonchev–Trinajstić information content (AvgIpc) is 2.34. The number of carbonyl (C=O) groups excluding carboxylic acids is 1. The first-order valence-electron chi connectivity index (χ1n) is 5.49. The van der Waals surface area contributed by atoms with E-state index < -0.39 is 0 Å². The Morgan fingerprint density at radius 2 is 2.18 bits per heavy atom. The minimum absolute atomic E-state index is 0.0265. The van der Waals surface area contributed by atoms with E-state index in [-0.39, 0.29) is 12.3 Å². The third-order valence-corrected chi connectivity index (χ3v) is 3.32. The number of halogens is 1. The number of hydrogen-bond donors (Lipinski definition) is 0. The molecule has 0 atom stereocenters. The van der Waals surface area contributed by atoms with Crippen LogP contribution in [0.3, 0.4) is 0 Å². The number of nitriles is 1. The monoisotopic (exact) mass is 294 g/mol. The summed E-state index contributed by atoms with van der Waals surface area (Å²) in [5, 5.41) is 8.41. The predicted molar refractivity (Wildman–Crippen MR) is 70.3 cm³/mol. The molecule has 1 amide bonds. The zero-order valence-electron chi connectivity index (χ0n) is 9.82. The third-order valence-electron chi connectivity index (χ3n) is 2.55. The molecule has 0 saturated heterocycles. The summed E-state index contributed by atoms with van der Waals surface area (Å²) < 4.78 is 1.07. The second kappa shape index (κ2) is 7.08. The highest BCUT2D eigenvalue weighted by Crippen LogP contribution is 2.16. The smallest absolute Gasteiger partial charge is 0.223 e. The number of likely N-dealkylation sites (N-methyl/N-ethyl adjacent to an activating group) is 1. The minimum atomic E-state index is 0.0265. The van der Waals surface area contributed by atoms with Gasteiger partial charge in [-0.2, -0.15) is 5.26 Å². The van der Waals surface area contributed by atoms with Gasteiger partial charge < -0.3 is 4.90 Å². The molecule has 0 bridgehead atoms. The molecular weight excluding hydrogens is 280 g/mol. The lowest BCUT2D eigenvalue weighted by Crippen LogP contribution is -2.28. The van der Waals surface area contributed by atoms with Crippen molar-refractivity contribution in [2.24, 2.45) is 0 Å². The van der Waals surface area contributed by atoms with E-state index in [1.54, 1.807) is 11.9 Å². The van der Waals surface area contributed by atoms with Gasteiger partial charge in [-0.3, -0.25) is 4.79 Å². The Balaban J connectivity index is 2.43. The van der Waals surface area contributed by atoms with E-state index in [2.05, 4.69) is 15.9 Å². The summed E-state index contributed by atoms with van der Waals surface area (Å²) in [6.45, 7) is 0.673. The molecule has 0 spiro atoms. The number of rotatable bonds is 5. The fourth-order valence-corrected chi connectivity index (χ4v) is 1.95. The van der Waals surface area contributed by atoms with Crippen molar-refractivity contribution >= 4 is 21.8 Å². The van der Waals surface area contributed by atoms with Crippen molar-refractivity contribution in [3.05, 3.63) is 34.3 Å². The second-order valence-corrected chi connectivity index (χ2v) is 4.67. The Bertz CT molecular complexity index is 426. The van der Waals surface area contributed by atoms with E-state index in [1.807, 2.05) is 30.3 Å². The van der Waals surface area contributed by atoms with E-state index in [1.165, 1.54) is 5.56 Å². The lowest BCUT2D eigenvalue weighted by Gasteiger charge is -2.16. The van der Waals surface area contributed by atoms with Crippen LogP contribution in [0.15, 0.2) is 28.7 Å². The quantitative estimate of drug-likeness (QED) is 0.838. The van der Waals surface area contributed by atoms with Crippen LogP contribution in [0, 0.1) is 11.3 Å². The van der Waals surface area contributed by atoms with Gasteiger partial charge in [-0.15, -0.1) is 0 Å². The largest absolute Gasteiger partial charge is 0.345 e. The molecule has 1 aromatic carbocycles. The predicted octanol–water partition coefficient (Wildman–Crippen LogP) is 2.75. The number of carbonyl (C=O) groups is 1. The summed E-state index contributed by atoms with van der Waals surface area (Å²) in [5.41, 5.74) is 1.19. The summed E-state index contributed by atoms with van der Waals surface area (Å²) in [6.07, 6.45) is 1.41. The molecule has 0 N–H and O–H groups in total. The Morgan fingerprint density at radius 3 is 2.82 bits per heavy atom. The van der Waals surface area contributed by atoms with E-state index in [0.717, 1.165) is 10.9 Å². The van der Waals surface area contributed by atoms with Crippen LogP contribution in [0.4, 0.5) is 0 Å². The highest BCUT2D eigenvalue weighted by Gasteiger charge is 2.08. The van der Waals surface area contributed by atoms with Crippen LogP contribution in [-0.4, -0.2) is 24.4 Å². The molecule has 0 aliphatic heterocycles. The topological polar surface area (TPSA) is 44.1 Å². The average molecular weight is 295 g/mol. The van der Waals surface area contributed by atoms with Crippen LogP contribution in [0.1, 0.15) is 18.4 Å². The van der Waals surface area contributed by atoms with E-state index in [0.29, 0.717) is 13.0 Å². The van der Waals surface area contributed by atoms with Gasteiger partial charge >= 0.3 is 0 Å². The molecule has 0 heterocycles. The molecule has 0 aliphatic rings. The zero-order chi connectivity index (χ0) is 12.7. The number of amides is 1. The molecule has 0 saturated carbocycles. The van der Waals surface area contributed by atoms with Gasteiger partial charge in [0.1, 0.15) is 0 Å². The maximum absolute atomic E-state index is 11.6. The lowest BCUT2D eigenvalue weighted by atomic mass is 10.1. The number of benzene rings is 1. The maximum Gasteiger partial charge on any atom is 0.223 e. The summed E-state index contributed by atoms with van der Waals surface area (Å²) >= 11 is 3.48. The maximum atomic E-state index is 11.6. The summed E-state index contributed by atoms with van der Waals surface area (Å²) in [4.78, 5) is 13.2. The van der Waals surface area contributed by atoms with Gasteiger partial charge in [-0.1, -0.05) is 34.1 Å². The van der Waals surface area contributed by atoms with Crippen molar-refractivity contribution in [1.29, 1.82) is 5.26 Å². The molecular formula is C13H15BrN2O. The summed E-state index contributed by atoms with van der Waals surface area (Å²) in [7, 11) is 1.77. The fraction of sp³-hybridized carbons (Fsp3) is 0.385. The summed E-state index contributed by atoms with van der Waals surface area (Å²) in [5.74, 6) is 0.0265. The normalized spacial score (nSPS) is 9.71. The van der Waals surface area contributed by atoms with Crippen molar-refractivity contribution in [2.45, 2.75) is 19.3 Å². The van der Waals surface area contributed by atoms with Gasteiger partial charge in [0, 0.05) is 30.9 Å². The standard InChI is InChI=1S/C13H15BrN2O/c1-16(13(17)7-4-9-15)10-8-11-5-2-3-6-12(11)14/h2-3,5-6H,4,7-8,10H2,1H3. The van der Waals surface area contributed by atoms with Gasteiger partial charge in [-0.05, 0) is 18.1 Å². The molecule has 0 radical (unpaired) electrons. The molecule has 0 fully saturated rings. The zero-order valence-corrected chi connectivity index (χ0v) is 11.4. The SMILES string of the molecule is CN(CCc1ccccc1Br)C(=O)CCC#N. The molecule has 1 rings (SSSR count). The van der Waals surface area contributed by atoms with Gasteiger partial charge in [-0.25, -0.2) is 0 Å². The molecule has 0 aromatic heterocycles. The van der Waals surface area contributed by atoms with Gasteiger partial charge in [0.25, 0.3) is 0 Å². The van der Waals surface area contributed by atoms with Crippen molar-refractivity contribution in [2.75, 3.05) is 13.6 Å². The van der Waals surface area contributed by atoms with Crippen molar-refractivity contribution in [3.8, 4) is 6.07 Å². The highest BCUT2D eigenvalue weighted by atomic mass is 79.9. The second-order valence-electron chi connectivity index (χ2n) is 3.81. The Labute approximate surface area is 110 Å². The molecule has 17 heavy (non-hydrogen) atoms. The molecule has 0 aliphatic carbocycles. The minimum Gasteiger partial charge on any atom is -0.345 e. The van der Waals surface area contributed by atoms with Gasteiger partial charge in [0.2, 0.25) is 5.91 Å². The first kappa shape index (κ1) is 13.7. The van der Waals surface area contributed by atoms with Crippen LogP contribution >= 0.6 is 15.9 Å². The Hall–Kier alpha value is -1.34. The van der Waals surface area contributed by atoms with Crippen LogP contribution in [-0.2, 0) is 11.2 Å². The van der Waals surface area contributed by atoms with Gasteiger partial charge in [0.05, 0.1) is 6.07 Å². The van der Waals surface area contributed by atoms with E-state index in [9.17, 15) is 4.79 Å². The van der Waals surface area contributed by atoms with Crippen LogP contribution in [0.5, 0.6) is 0 Å². The third kappa shape index (κ3) is 4.58. The van der Waals surface area contributed by atoms with Crippen LogP contribution in [0.25, 0.3) is 0 Å². The van der Waals surface area contributed by atoms with E-state index >= 15 is 0 Å². The fourth-order valence-electron chi connectivity index (χ4n) is 1.47.